The number of hydrogen-bond donors (Lipinski definition) is 2. The van der Waals surface area contributed by atoms with Crippen LogP contribution in [0, 0.1) is 0 Å². The van der Waals surface area contributed by atoms with Gasteiger partial charge in [0.1, 0.15) is 10.4 Å². The van der Waals surface area contributed by atoms with Crippen molar-refractivity contribution in [1.82, 2.24) is 14.9 Å². The summed E-state index contributed by atoms with van der Waals surface area (Å²) in [5.41, 5.74) is 0.171. The molecule has 0 amide bonds. The van der Waals surface area contributed by atoms with Crippen molar-refractivity contribution in [1.29, 1.82) is 0 Å². The van der Waals surface area contributed by atoms with Gasteiger partial charge in [0.25, 0.3) is 5.56 Å². The molecule has 3 rings (SSSR count). The van der Waals surface area contributed by atoms with Gasteiger partial charge < -0.3 is 15.0 Å². The van der Waals surface area contributed by atoms with E-state index in [-0.39, 0.29) is 11.3 Å². The number of rotatable bonds is 4. The van der Waals surface area contributed by atoms with E-state index in [1.807, 2.05) is 0 Å². The van der Waals surface area contributed by atoms with Gasteiger partial charge in [-0.25, -0.2) is 4.98 Å². The number of nitrogens with zero attached hydrogens (tertiary/aromatic N) is 2. The third-order valence-corrected chi connectivity index (χ3v) is 5.95. The van der Waals surface area contributed by atoms with Gasteiger partial charge in [-0.1, -0.05) is 11.8 Å². The minimum Gasteiger partial charge on any atom is -0.506 e. The van der Waals surface area contributed by atoms with Crippen LogP contribution in [0.5, 0.6) is 5.75 Å². The fourth-order valence-electron chi connectivity index (χ4n) is 2.59. The second-order valence-corrected chi connectivity index (χ2v) is 7.43. The Bertz CT molecular complexity index is 667. The SMILES string of the molecule is CN1CCCC1CCSc1nc2[nH]c(=O)cc(O)c2s1. The predicted molar refractivity (Wildman–Crippen MR) is 82.9 cm³/mol. The summed E-state index contributed by atoms with van der Waals surface area (Å²) in [6, 6.07) is 1.88. The molecule has 0 bridgehead atoms. The maximum atomic E-state index is 11.3. The van der Waals surface area contributed by atoms with Gasteiger partial charge in [0, 0.05) is 17.9 Å². The minimum absolute atomic E-state index is 0.0172. The molecule has 2 aromatic heterocycles. The number of aromatic amines is 1. The molecular weight excluding hydrogens is 294 g/mol. The summed E-state index contributed by atoms with van der Waals surface area (Å²) in [7, 11) is 2.18. The normalized spacial score (nSPS) is 19.9. The minimum atomic E-state index is -0.315. The van der Waals surface area contributed by atoms with Gasteiger partial charge in [-0.15, -0.1) is 11.3 Å². The zero-order valence-corrected chi connectivity index (χ0v) is 12.9. The molecule has 20 heavy (non-hydrogen) atoms. The highest BCUT2D eigenvalue weighted by Crippen LogP contribution is 2.33. The summed E-state index contributed by atoms with van der Waals surface area (Å²) in [4.78, 5) is 20.7. The van der Waals surface area contributed by atoms with E-state index in [1.165, 1.54) is 36.8 Å². The first kappa shape index (κ1) is 13.9. The highest BCUT2D eigenvalue weighted by Gasteiger charge is 2.20. The van der Waals surface area contributed by atoms with Gasteiger partial charge >= 0.3 is 0 Å². The maximum absolute atomic E-state index is 11.3. The highest BCUT2D eigenvalue weighted by atomic mass is 32.2. The Kier molecular flexibility index (Phi) is 4.00. The molecule has 1 aliphatic rings. The lowest BCUT2D eigenvalue weighted by Gasteiger charge is -2.18. The standard InChI is InChI=1S/C13H17N3O2S2/c1-16-5-2-3-8(16)4-6-19-13-15-12-11(20-13)9(17)7-10(18)14-12/h7-8H,2-6H2,1H3,(H2,14,17,18). The molecule has 5 nitrogen and oxygen atoms in total. The molecule has 108 valence electrons. The lowest BCUT2D eigenvalue weighted by Crippen LogP contribution is -2.25. The lowest BCUT2D eigenvalue weighted by molar-refractivity contribution is 0.305. The number of nitrogens with one attached hydrogen (secondary N) is 1. The van der Waals surface area contributed by atoms with E-state index in [9.17, 15) is 9.90 Å². The summed E-state index contributed by atoms with van der Waals surface area (Å²) >= 11 is 3.13. The van der Waals surface area contributed by atoms with Crippen molar-refractivity contribution in [2.75, 3.05) is 19.3 Å². The molecule has 1 saturated heterocycles. The second kappa shape index (κ2) is 5.75. The van der Waals surface area contributed by atoms with Gasteiger partial charge in [0.2, 0.25) is 0 Å². The Labute approximate surface area is 125 Å². The highest BCUT2D eigenvalue weighted by molar-refractivity contribution is 8.01. The molecule has 1 aliphatic heterocycles. The monoisotopic (exact) mass is 311 g/mol. The van der Waals surface area contributed by atoms with Crippen LogP contribution in [0.3, 0.4) is 0 Å². The number of aromatic nitrogens is 2. The van der Waals surface area contributed by atoms with E-state index in [2.05, 4.69) is 21.9 Å². The van der Waals surface area contributed by atoms with E-state index in [4.69, 9.17) is 0 Å². The van der Waals surface area contributed by atoms with Crippen molar-refractivity contribution < 1.29 is 5.11 Å². The summed E-state index contributed by atoms with van der Waals surface area (Å²) in [6.45, 7) is 1.20. The fourth-order valence-corrected chi connectivity index (χ4v) is 4.71. The van der Waals surface area contributed by atoms with Crippen molar-refractivity contribution in [3.8, 4) is 5.75 Å². The van der Waals surface area contributed by atoms with Crippen molar-refractivity contribution in [3.63, 3.8) is 0 Å². The molecule has 0 radical (unpaired) electrons. The number of thiazole rings is 1. The smallest absolute Gasteiger partial charge is 0.253 e. The number of fused-ring (bicyclic) bond motifs is 1. The second-order valence-electron chi connectivity index (χ2n) is 5.09. The van der Waals surface area contributed by atoms with Gasteiger partial charge in [-0.2, -0.15) is 0 Å². The molecule has 2 N–H and O–H groups in total. The van der Waals surface area contributed by atoms with E-state index in [0.29, 0.717) is 16.4 Å². The number of thioether (sulfide) groups is 1. The molecular formula is C13H17N3O2S2. The Balaban J connectivity index is 1.66. The molecule has 1 atom stereocenters. The van der Waals surface area contributed by atoms with Crippen molar-refractivity contribution in [2.45, 2.75) is 29.6 Å². The molecule has 7 heteroatoms. The van der Waals surface area contributed by atoms with Crippen LogP contribution in [0.4, 0.5) is 0 Å². The fraction of sp³-hybridized carbons (Fsp3) is 0.538. The third kappa shape index (κ3) is 2.84. The Morgan fingerprint density at radius 1 is 1.65 bits per heavy atom. The van der Waals surface area contributed by atoms with Crippen LogP contribution in [0.25, 0.3) is 10.3 Å². The van der Waals surface area contributed by atoms with Crippen molar-refractivity contribution in [3.05, 3.63) is 16.4 Å². The number of pyridine rings is 1. The third-order valence-electron chi connectivity index (χ3n) is 3.70. The number of hydrogen-bond acceptors (Lipinski definition) is 6. The quantitative estimate of drug-likeness (QED) is 0.848. The molecule has 1 unspecified atom stereocenters. The number of likely N-dealkylation sites (tertiary alicyclic amines) is 1. The van der Waals surface area contributed by atoms with E-state index >= 15 is 0 Å². The summed E-state index contributed by atoms with van der Waals surface area (Å²) < 4.78 is 1.56. The largest absolute Gasteiger partial charge is 0.506 e. The number of aromatic hydroxyl groups is 1. The zero-order valence-electron chi connectivity index (χ0n) is 11.3. The first-order valence-electron chi connectivity index (χ1n) is 6.69. The van der Waals surface area contributed by atoms with Crippen LogP contribution >= 0.6 is 23.1 Å². The zero-order chi connectivity index (χ0) is 14.1. The topological polar surface area (TPSA) is 69.2 Å². The van der Waals surface area contributed by atoms with Crippen LogP contribution < -0.4 is 5.56 Å². The number of H-pyrrole nitrogens is 1. The summed E-state index contributed by atoms with van der Waals surface area (Å²) in [5.74, 6) is 1.03. The van der Waals surface area contributed by atoms with Crippen LogP contribution in [0.2, 0.25) is 0 Å². The molecule has 2 aromatic rings. The van der Waals surface area contributed by atoms with Gasteiger partial charge in [0.15, 0.2) is 9.99 Å². The van der Waals surface area contributed by atoms with Crippen molar-refractivity contribution in [2.24, 2.45) is 0 Å². The maximum Gasteiger partial charge on any atom is 0.253 e. The predicted octanol–water partition coefficient (Wildman–Crippen LogP) is 2.27. The Morgan fingerprint density at radius 3 is 3.25 bits per heavy atom. The Hall–Kier alpha value is -1.05. The van der Waals surface area contributed by atoms with E-state index in [0.717, 1.165) is 16.5 Å². The summed E-state index contributed by atoms with van der Waals surface area (Å²) in [5, 5.41) is 9.73. The van der Waals surface area contributed by atoms with Gasteiger partial charge in [-0.05, 0) is 32.9 Å². The van der Waals surface area contributed by atoms with E-state index < -0.39 is 0 Å². The molecule has 0 aliphatic carbocycles. The first-order valence-corrected chi connectivity index (χ1v) is 8.49. The molecule has 0 aromatic carbocycles. The Morgan fingerprint density at radius 2 is 2.50 bits per heavy atom. The summed E-state index contributed by atoms with van der Waals surface area (Å²) in [6.07, 6.45) is 3.73. The average Bonchev–Trinajstić information content (AvgIpc) is 2.96. The van der Waals surface area contributed by atoms with Crippen LogP contribution in [-0.2, 0) is 0 Å². The van der Waals surface area contributed by atoms with Gasteiger partial charge in [-0.3, -0.25) is 4.79 Å². The van der Waals surface area contributed by atoms with Crippen LogP contribution in [0.1, 0.15) is 19.3 Å². The molecule has 1 fully saturated rings. The average molecular weight is 311 g/mol. The lowest BCUT2D eigenvalue weighted by atomic mass is 10.2. The van der Waals surface area contributed by atoms with Gasteiger partial charge in [0.05, 0.1) is 0 Å². The molecule has 3 heterocycles. The molecule has 0 saturated carbocycles. The molecule has 0 spiro atoms. The first-order chi connectivity index (χ1) is 9.63. The van der Waals surface area contributed by atoms with Crippen LogP contribution in [-0.4, -0.2) is 45.4 Å². The van der Waals surface area contributed by atoms with Crippen LogP contribution in [0.15, 0.2) is 15.2 Å². The van der Waals surface area contributed by atoms with Crippen molar-refractivity contribution >= 4 is 33.4 Å². The van der Waals surface area contributed by atoms with E-state index in [1.54, 1.807) is 11.8 Å².